The smallest absolute Gasteiger partial charge is 0.129 e. The Morgan fingerprint density at radius 2 is 2.50 bits per heavy atom. The molecule has 0 aliphatic carbocycles. The van der Waals surface area contributed by atoms with Crippen LogP contribution < -0.4 is 0 Å². The Morgan fingerprint density at radius 3 is 2.92 bits per heavy atom. The first kappa shape index (κ1) is 9.07. The molecule has 2 heteroatoms. The molecule has 12 heavy (non-hydrogen) atoms. The van der Waals surface area contributed by atoms with Gasteiger partial charge in [-0.1, -0.05) is 6.92 Å². The second kappa shape index (κ2) is 4.12. The number of allylic oxidation sites excluding steroid dienone is 1. The third-order valence-electron chi connectivity index (χ3n) is 1.66. The van der Waals surface area contributed by atoms with E-state index in [4.69, 9.17) is 9.52 Å². The summed E-state index contributed by atoms with van der Waals surface area (Å²) in [4.78, 5) is 0. The Balaban J connectivity index is 2.83. The monoisotopic (exact) mass is 166 g/mol. The molecule has 0 spiro atoms. The predicted molar refractivity (Wildman–Crippen MR) is 48.7 cm³/mol. The number of hydrogen-bond donors (Lipinski definition) is 1. The largest absolute Gasteiger partial charge is 0.465 e. The Morgan fingerprint density at radius 1 is 1.75 bits per heavy atom. The number of aliphatic hydroxyl groups is 1. The fraction of sp³-hybridized carbons (Fsp3) is 0.400. The average molecular weight is 166 g/mol. The second-order valence-electron chi connectivity index (χ2n) is 2.76. The fourth-order valence-electron chi connectivity index (χ4n) is 1.13. The Kier molecular flexibility index (Phi) is 3.11. The van der Waals surface area contributed by atoms with Crippen LogP contribution in [0.25, 0.3) is 5.57 Å². The summed E-state index contributed by atoms with van der Waals surface area (Å²) in [6.45, 7) is 3.77. The van der Waals surface area contributed by atoms with Crippen molar-refractivity contribution in [3.63, 3.8) is 0 Å². The van der Waals surface area contributed by atoms with Crippen LogP contribution in [0.3, 0.4) is 0 Å². The van der Waals surface area contributed by atoms with Crippen molar-refractivity contribution in [2.45, 2.75) is 26.4 Å². The van der Waals surface area contributed by atoms with Crippen molar-refractivity contribution in [2.75, 3.05) is 0 Å². The molecule has 0 bridgehead atoms. The van der Waals surface area contributed by atoms with Crippen LogP contribution in [-0.2, 0) is 0 Å². The van der Waals surface area contributed by atoms with E-state index in [1.165, 1.54) is 0 Å². The van der Waals surface area contributed by atoms with Crippen molar-refractivity contribution in [1.82, 2.24) is 0 Å². The fourth-order valence-corrected chi connectivity index (χ4v) is 1.13. The minimum absolute atomic E-state index is 0.412. The number of aliphatic hydroxyl groups excluding tert-OH is 1. The minimum atomic E-state index is -0.412. The van der Waals surface area contributed by atoms with E-state index in [2.05, 4.69) is 0 Å². The summed E-state index contributed by atoms with van der Waals surface area (Å²) in [6.07, 6.45) is 3.91. The lowest BCUT2D eigenvalue weighted by atomic mass is 10.1. The van der Waals surface area contributed by atoms with Gasteiger partial charge in [0, 0.05) is 0 Å². The number of furan rings is 1. The zero-order valence-electron chi connectivity index (χ0n) is 7.45. The van der Waals surface area contributed by atoms with Crippen LogP contribution in [0.1, 0.15) is 26.0 Å². The van der Waals surface area contributed by atoms with Crippen molar-refractivity contribution in [3.05, 3.63) is 30.2 Å². The van der Waals surface area contributed by atoms with Gasteiger partial charge in [0.1, 0.15) is 5.76 Å². The average Bonchev–Trinajstić information content (AvgIpc) is 2.51. The molecule has 0 saturated carbocycles. The van der Waals surface area contributed by atoms with Crippen LogP contribution in [0.15, 0.2) is 28.9 Å². The van der Waals surface area contributed by atoms with Crippen LogP contribution in [0.2, 0.25) is 0 Å². The quantitative estimate of drug-likeness (QED) is 0.748. The van der Waals surface area contributed by atoms with E-state index in [0.29, 0.717) is 0 Å². The molecule has 2 nitrogen and oxygen atoms in total. The van der Waals surface area contributed by atoms with Crippen LogP contribution in [0.4, 0.5) is 0 Å². The zero-order chi connectivity index (χ0) is 8.97. The van der Waals surface area contributed by atoms with E-state index >= 15 is 0 Å². The van der Waals surface area contributed by atoms with E-state index in [1.54, 1.807) is 19.3 Å². The lowest BCUT2D eigenvalue weighted by molar-refractivity contribution is 0.244. The molecule has 0 radical (unpaired) electrons. The van der Waals surface area contributed by atoms with Gasteiger partial charge in [-0.2, -0.15) is 0 Å². The summed E-state index contributed by atoms with van der Waals surface area (Å²) in [5.74, 6) is 0.846. The van der Waals surface area contributed by atoms with Gasteiger partial charge in [-0.25, -0.2) is 0 Å². The van der Waals surface area contributed by atoms with Crippen LogP contribution in [-0.4, -0.2) is 11.2 Å². The lowest BCUT2D eigenvalue weighted by Crippen LogP contribution is -1.94. The molecule has 1 atom stereocenters. The lowest BCUT2D eigenvalue weighted by Gasteiger charge is -2.01. The molecular formula is C10H14O2. The Labute approximate surface area is 72.5 Å². The third-order valence-corrected chi connectivity index (χ3v) is 1.66. The van der Waals surface area contributed by atoms with Gasteiger partial charge < -0.3 is 9.52 Å². The summed E-state index contributed by atoms with van der Waals surface area (Å²) >= 11 is 0. The van der Waals surface area contributed by atoms with Gasteiger partial charge in [0.05, 0.1) is 12.4 Å². The van der Waals surface area contributed by atoms with Crippen LogP contribution >= 0.6 is 0 Å². The van der Waals surface area contributed by atoms with Gasteiger partial charge in [0.25, 0.3) is 0 Å². The highest BCUT2D eigenvalue weighted by Crippen LogP contribution is 2.18. The first-order chi connectivity index (χ1) is 5.74. The molecule has 0 amide bonds. The molecule has 1 rings (SSSR count). The number of hydrogen-bond acceptors (Lipinski definition) is 2. The summed E-state index contributed by atoms with van der Waals surface area (Å²) in [7, 11) is 0. The summed E-state index contributed by atoms with van der Waals surface area (Å²) < 4.78 is 5.21. The molecule has 0 aliphatic heterocycles. The highest BCUT2D eigenvalue weighted by molar-refractivity contribution is 5.61. The molecule has 1 aromatic heterocycles. The molecule has 0 saturated heterocycles. The van der Waals surface area contributed by atoms with Crippen LogP contribution in [0.5, 0.6) is 0 Å². The normalized spacial score (nSPS) is 14.8. The molecule has 0 aromatic carbocycles. The first-order valence-corrected chi connectivity index (χ1v) is 4.16. The van der Waals surface area contributed by atoms with Crippen LogP contribution in [0, 0.1) is 0 Å². The van der Waals surface area contributed by atoms with E-state index < -0.39 is 6.10 Å². The van der Waals surface area contributed by atoms with Crippen molar-refractivity contribution in [1.29, 1.82) is 0 Å². The summed E-state index contributed by atoms with van der Waals surface area (Å²) in [5, 5.41) is 9.13. The maximum Gasteiger partial charge on any atom is 0.129 e. The molecule has 1 unspecified atom stereocenters. The second-order valence-corrected chi connectivity index (χ2v) is 2.76. The van der Waals surface area contributed by atoms with Crippen molar-refractivity contribution >= 4 is 5.57 Å². The van der Waals surface area contributed by atoms with Gasteiger partial charge in [-0.05, 0) is 37.1 Å². The molecule has 66 valence electrons. The standard InChI is InChI=1S/C10H14O2/c1-3-9(7-8(2)11)10-5-4-6-12-10/h4-8,11H,3H2,1-2H3/b9-7-. The first-order valence-electron chi connectivity index (χ1n) is 4.16. The van der Waals surface area contributed by atoms with Crippen molar-refractivity contribution < 1.29 is 9.52 Å². The van der Waals surface area contributed by atoms with Gasteiger partial charge in [-0.3, -0.25) is 0 Å². The predicted octanol–water partition coefficient (Wildman–Crippen LogP) is 2.45. The minimum Gasteiger partial charge on any atom is -0.465 e. The topological polar surface area (TPSA) is 33.4 Å². The molecule has 0 fully saturated rings. The third kappa shape index (κ3) is 2.24. The Bertz CT molecular complexity index is 245. The molecule has 1 N–H and O–H groups in total. The maximum absolute atomic E-state index is 9.13. The van der Waals surface area contributed by atoms with Gasteiger partial charge in [0.2, 0.25) is 0 Å². The van der Waals surface area contributed by atoms with Gasteiger partial charge >= 0.3 is 0 Å². The summed E-state index contributed by atoms with van der Waals surface area (Å²) in [6, 6.07) is 3.75. The maximum atomic E-state index is 9.13. The van der Waals surface area contributed by atoms with Gasteiger partial charge in [-0.15, -0.1) is 0 Å². The molecule has 0 aliphatic rings. The van der Waals surface area contributed by atoms with E-state index in [1.807, 2.05) is 19.1 Å². The van der Waals surface area contributed by atoms with E-state index in [-0.39, 0.29) is 0 Å². The summed E-state index contributed by atoms with van der Waals surface area (Å²) in [5.41, 5.74) is 1.05. The van der Waals surface area contributed by atoms with Crippen molar-refractivity contribution in [2.24, 2.45) is 0 Å². The number of rotatable bonds is 3. The van der Waals surface area contributed by atoms with Crippen molar-refractivity contribution in [3.8, 4) is 0 Å². The molecule has 1 aromatic rings. The van der Waals surface area contributed by atoms with E-state index in [9.17, 15) is 0 Å². The van der Waals surface area contributed by atoms with Gasteiger partial charge in [0.15, 0.2) is 0 Å². The van der Waals surface area contributed by atoms with E-state index in [0.717, 1.165) is 17.8 Å². The highest BCUT2D eigenvalue weighted by Gasteiger charge is 2.02. The zero-order valence-corrected chi connectivity index (χ0v) is 7.45. The SMILES string of the molecule is CC/C(=C/C(C)O)c1ccco1. The molecule has 1 heterocycles. The molecular weight excluding hydrogens is 152 g/mol. The highest BCUT2D eigenvalue weighted by atomic mass is 16.3. The Hall–Kier alpha value is -1.02.